The molecule has 4 saturated carbocycles. The van der Waals surface area contributed by atoms with E-state index in [2.05, 4.69) is 41.5 Å². The smallest absolute Gasteiger partial charge is 0.0433 e. The molecule has 0 spiro atoms. The lowest BCUT2D eigenvalue weighted by atomic mass is 9.40. The molecule has 156 valence electrons. The molecule has 11 atom stereocenters. The molecule has 4 fully saturated rings. The molecule has 1 N–H and O–H groups in total. The Hall–Kier alpha value is -0.0400. The van der Waals surface area contributed by atoms with E-state index in [1.54, 1.807) is 0 Å². The fourth-order valence-corrected chi connectivity index (χ4v) is 9.56. The van der Waals surface area contributed by atoms with Crippen LogP contribution in [0.4, 0.5) is 0 Å². The first-order valence-corrected chi connectivity index (χ1v) is 12.3. The maximum atomic E-state index is 9.56. The average molecular weight is 375 g/mol. The number of rotatable bonds is 3. The van der Waals surface area contributed by atoms with E-state index < -0.39 is 0 Å². The lowest BCUT2D eigenvalue weighted by molar-refractivity contribution is -0.162. The van der Waals surface area contributed by atoms with E-state index >= 15 is 0 Å². The summed E-state index contributed by atoms with van der Waals surface area (Å²) in [4.78, 5) is 0. The summed E-state index contributed by atoms with van der Waals surface area (Å²) in [5.74, 6) is 8.08. The van der Waals surface area contributed by atoms with Crippen LogP contribution in [0.5, 0.6) is 0 Å². The molecule has 0 amide bonds. The van der Waals surface area contributed by atoms with Crippen molar-refractivity contribution in [1.82, 2.24) is 0 Å². The molecule has 0 aromatic rings. The van der Waals surface area contributed by atoms with Crippen molar-refractivity contribution >= 4 is 0 Å². The van der Waals surface area contributed by atoms with Gasteiger partial charge in [-0.15, -0.1) is 0 Å². The van der Waals surface area contributed by atoms with Crippen LogP contribution < -0.4 is 0 Å². The predicted octanol–water partition coefficient (Wildman–Crippen LogP) is 6.79. The van der Waals surface area contributed by atoms with Crippen LogP contribution in [0.2, 0.25) is 0 Å². The summed E-state index contributed by atoms with van der Waals surface area (Å²) in [6.45, 7) is 15.9. The molecule has 4 aliphatic carbocycles. The highest BCUT2D eigenvalue weighted by Gasteiger charge is 2.64. The Bertz CT molecular complexity index is 542. The van der Waals surface area contributed by atoms with E-state index in [4.69, 9.17) is 0 Å². The second-order valence-electron chi connectivity index (χ2n) is 12.3. The zero-order valence-electron chi connectivity index (χ0n) is 19.0. The van der Waals surface area contributed by atoms with Crippen molar-refractivity contribution in [1.29, 1.82) is 0 Å². The highest BCUT2D eigenvalue weighted by Crippen LogP contribution is 2.71. The molecule has 0 bridgehead atoms. The van der Waals surface area contributed by atoms with Gasteiger partial charge in [-0.3, -0.25) is 0 Å². The molecule has 4 aliphatic rings. The van der Waals surface area contributed by atoms with Gasteiger partial charge in [0.1, 0.15) is 0 Å². The molecule has 0 aromatic heterocycles. The standard InChI is InChI=1S/C26H46O/c1-16-9-11-25(5)20(13-16)14-18(3)24-22-8-7-21(17(2)10-12-27)26(22,6)19(4)15-23(24)25/h16-24,27H,7-15H2,1-6H3/t16-,17-,18-,19+,20+,21-,22+,23+,24+,25+,26-/m1/s1. The van der Waals surface area contributed by atoms with Crippen molar-refractivity contribution in [2.75, 3.05) is 6.61 Å². The Morgan fingerprint density at radius 3 is 2.41 bits per heavy atom. The molecule has 0 aromatic carbocycles. The van der Waals surface area contributed by atoms with Crippen LogP contribution in [-0.4, -0.2) is 11.7 Å². The van der Waals surface area contributed by atoms with E-state index in [1.807, 2.05) is 0 Å². The van der Waals surface area contributed by atoms with Gasteiger partial charge in [-0.05, 0) is 109 Å². The topological polar surface area (TPSA) is 20.2 Å². The van der Waals surface area contributed by atoms with Crippen molar-refractivity contribution < 1.29 is 5.11 Å². The number of aliphatic hydroxyl groups is 1. The third kappa shape index (κ3) is 2.88. The van der Waals surface area contributed by atoms with E-state index in [0.29, 0.717) is 23.4 Å². The molecule has 0 saturated heterocycles. The largest absolute Gasteiger partial charge is 0.396 e. The summed E-state index contributed by atoms with van der Waals surface area (Å²) in [6, 6.07) is 0. The van der Waals surface area contributed by atoms with Gasteiger partial charge in [0.05, 0.1) is 0 Å². The van der Waals surface area contributed by atoms with Crippen molar-refractivity contribution in [2.24, 2.45) is 64.1 Å². The second kappa shape index (κ2) is 7.03. The molecular weight excluding hydrogens is 328 g/mol. The monoisotopic (exact) mass is 374 g/mol. The molecule has 0 radical (unpaired) electrons. The SMILES string of the molecule is C[C@@H]1CC[C@@]2(C)[C@@H](C1)C[C@@H](C)[C@@H]1[C@@H]2C[C@H](C)[C@]2(C)[C@@H]([C@H](C)CCO)CC[C@@H]12. The Morgan fingerprint density at radius 1 is 0.963 bits per heavy atom. The first kappa shape index (κ1) is 20.2. The number of aliphatic hydroxyl groups excluding tert-OH is 1. The molecule has 0 heterocycles. The zero-order chi connectivity index (χ0) is 19.6. The molecule has 0 unspecified atom stereocenters. The van der Waals surface area contributed by atoms with E-state index in [1.165, 1.54) is 44.9 Å². The molecule has 1 nitrogen and oxygen atoms in total. The number of hydrogen-bond donors (Lipinski definition) is 1. The maximum absolute atomic E-state index is 9.56. The van der Waals surface area contributed by atoms with Crippen LogP contribution >= 0.6 is 0 Å². The summed E-state index contributed by atoms with van der Waals surface area (Å²) in [5, 5.41) is 9.56. The van der Waals surface area contributed by atoms with E-state index in [-0.39, 0.29) is 0 Å². The minimum absolute atomic E-state index is 0.368. The second-order valence-corrected chi connectivity index (χ2v) is 12.3. The van der Waals surface area contributed by atoms with E-state index in [0.717, 1.165) is 53.8 Å². The van der Waals surface area contributed by atoms with Crippen molar-refractivity contribution in [3.63, 3.8) is 0 Å². The van der Waals surface area contributed by atoms with Crippen LogP contribution in [0.1, 0.15) is 92.9 Å². The molecule has 0 aliphatic heterocycles. The molecule has 4 rings (SSSR count). The van der Waals surface area contributed by atoms with Gasteiger partial charge in [-0.1, -0.05) is 48.0 Å². The van der Waals surface area contributed by atoms with Crippen LogP contribution in [0.3, 0.4) is 0 Å². The fourth-order valence-electron chi connectivity index (χ4n) is 9.56. The Balaban J connectivity index is 1.66. The molecule has 1 heteroatoms. The summed E-state index contributed by atoms with van der Waals surface area (Å²) in [5.41, 5.74) is 1.13. The van der Waals surface area contributed by atoms with Crippen LogP contribution in [0.15, 0.2) is 0 Å². The van der Waals surface area contributed by atoms with Gasteiger partial charge in [0, 0.05) is 6.61 Å². The lowest BCUT2D eigenvalue weighted by Crippen LogP contribution is -2.58. The van der Waals surface area contributed by atoms with Crippen molar-refractivity contribution in [3.05, 3.63) is 0 Å². The summed E-state index contributed by atoms with van der Waals surface area (Å²) in [6.07, 6.45) is 11.3. The molecule has 27 heavy (non-hydrogen) atoms. The minimum Gasteiger partial charge on any atom is -0.396 e. The third-order valence-corrected chi connectivity index (χ3v) is 11.2. The first-order valence-electron chi connectivity index (χ1n) is 12.3. The lowest BCUT2D eigenvalue weighted by Gasteiger charge is -2.65. The maximum Gasteiger partial charge on any atom is 0.0433 e. The van der Waals surface area contributed by atoms with Gasteiger partial charge < -0.3 is 5.11 Å². The quantitative estimate of drug-likeness (QED) is 0.576. The van der Waals surface area contributed by atoms with Gasteiger partial charge in [0.2, 0.25) is 0 Å². The zero-order valence-corrected chi connectivity index (χ0v) is 19.0. The van der Waals surface area contributed by atoms with Gasteiger partial charge in [0.15, 0.2) is 0 Å². The number of fused-ring (bicyclic) bond motifs is 5. The van der Waals surface area contributed by atoms with Gasteiger partial charge in [-0.2, -0.15) is 0 Å². The summed E-state index contributed by atoms with van der Waals surface area (Å²) in [7, 11) is 0. The molecular formula is C26H46O. The van der Waals surface area contributed by atoms with Crippen molar-refractivity contribution in [3.8, 4) is 0 Å². The minimum atomic E-state index is 0.368. The van der Waals surface area contributed by atoms with Crippen molar-refractivity contribution in [2.45, 2.75) is 92.9 Å². The number of hydrogen-bond acceptors (Lipinski definition) is 1. The Morgan fingerprint density at radius 2 is 1.70 bits per heavy atom. The third-order valence-electron chi connectivity index (χ3n) is 11.2. The predicted molar refractivity (Wildman–Crippen MR) is 114 cm³/mol. The highest BCUT2D eigenvalue weighted by molar-refractivity contribution is 5.12. The first-order chi connectivity index (χ1) is 12.7. The summed E-state index contributed by atoms with van der Waals surface area (Å²) < 4.78 is 0. The fraction of sp³-hybridized carbons (Fsp3) is 1.00. The van der Waals surface area contributed by atoms with Gasteiger partial charge >= 0.3 is 0 Å². The van der Waals surface area contributed by atoms with Crippen LogP contribution in [-0.2, 0) is 0 Å². The summed E-state index contributed by atoms with van der Waals surface area (Å²) >= 11 is 0. The van der Waals surface area contributed by atoms with Crippen LogP contribution in [0, 0.1) is 64.1 Å². The van der Waals surface area contributed by atoms with E-state index in [9.17, 15) is 5.11 Å². The van der Waals surface area contributed by atoms with Crippen LogP contribution in [0.25, 0.3) is 0 Å². The normalized spacial score (nSPS) is 56.1. The Kier molecular flexibility index (Phi) is 5.27. The Labute approximate surface area is 169 Å². The van der Waals surface area contributed by atoms with Gasteiger partial charge in [-0.25, -0.2) is 0 Å². The van der Waals surface area contributed by atoms with Gasteiger partial charge in [0.25, 0.3) is 0 Å². The average Bonchev–Trinajstić information content (AvgIpc) is 2.96. The highest BCUT2D eigenvalue weighted by atomic mass is 16.3.